The topological polar surface area (TPSA) is 237 Å². The summed E-state index contributed by atoms with van der Waals surface area (Å²) in [4.78, 5) is 72.8. The molecule has 0 spiro atoms. The Hall–Kier alpha value is -1.94. The largest absolute Gasteiger partial charge is 0.472 e. The molecule has 0 saturated heterocycles. The molecule has 17 nitrogen and oxygen atoms in total. The number of esters is 4. The standard InChI is InChI=1S/C79H154O17P2/c1-6-9-12-15-18-21-23-25-27-28-29-30-31-32-33-35-37-39-44-49-54-59-64-78(83)96-75(69-90-77(82)63-58-53-48-43-38-36-34-26-24-22-19-16-13-10-7-2)71-94-98(87,88)92-67-73(80)66-91-97(85,86)93-70-74(68-89-76(81)62-57-52-47-20-17-14-11-8-3)95-79(84)65-60-55-50-45-41-40-42-46-51-56-61-72(4)5/h72-75,80H,6-71H2,1-5H3,(H,85,86)(H,87,88)/t73-,74+,75+/m0/s1. The molecule has 0 aliphatic heterocycles. The number of phosphoric ester groups is 2. The minimum Gasteiger partial charge on any atom is -0.462 e. The van der Waals surface area contributed by atoms with Gasteiger partial charge in [-0.25, -0.2) is 9.13 Å². The summed E-state index contributed by atoms with van der Waals surface area (Å²) >= 11 is 0. The van der Waals surface area contributed by atoms with Gasteiger partial charge >= 0.3 is 39.5 Å². The van der Waals surface area contributed by atoms with Gasteiger partial charge in [0, 0.05) is 25.7 Å². The molecule has 0 heterocycles. The Kier molecular flexibility index (Phi) is 70.6. The van der Waals surface area contributed by atoms with Gasteiger partial charge < -0.3 is 33.8 Å². The molecule has 0 bridgehead atoms. The lowest BCUT2D eigenvalue weighted by Gasteiger charge is -2.21. The number of aliphatic hydroxyl groups excluding tert-OH is 1. The summed E-state index contributed by atoms with van der Waals surface area (Å²) in [5.41, 5.74) is 0. The molecular weight excluding hydrogens is 1280 g/mol. The minimum absolute atomic E-state index is 0.106. The van der Waals surface area contributed by atoms with Crippen molar-refractivity contribution in [3.63, 3.8) is 0 Å². The van der Waals surface area contributed by atoms with E-state index in [0.29, 0.717) is 25.7 Å². The van der Waals surface area contributed by atoms with Crippen molar-refractivity contribution >= 4 is 39.5 Å². The zero-order valence-electron chi connectivity index (χ0n) is 63.9. The van der Waals surface area contributed by atoms with E-state index in [9.17, 15) is 43.2 Å². The molecule has 0 aromatic rings. The Morgan fingerprint density at radius 3 is 0.694 bits per heavy atom. The molecule has 0 aromatic heterocycles. The second-order valence-electron chi connectivity index (χ2n) is 28.9. The third kappa shape index (κ3) is 72.4. The zero-order chi connectivity index (χ0) is 71.9. The van der Waals surface area contributed by atoms with Gasteiger partial charge in [0.25, 0.3) is 0 Å². The van der Waals surface area contributed by atoms with E-state index in [4.69, 9.17) is 37.0 Å². The number of hydrogen-bond donors (Lipinski definition) is 3. The van der Waals surface area contributed by atoms with Crippen molar-refractivity contribution in [2.24, 2.45) is 5.92 Å². The van der Waals surface area contributed by atoms with Crippen LogP contribution < -0.4 is 0 Å². The van der Waals surface area contributed by atoms with Crippen LogP contribution in [0.25, 0.3) is 0 Å². The zero-order valence-corrected chi connectivity index (χ0v) is 65.7. The number of phosphoric acid groups is 2. The first-order valence-corrected chi connectivity index (χ1v) is 44.1. The van der Waals surface area contributed by atoms with Crippen LogP contribution in [0.5, 0.6) is 0 Å². The van der Waals surface area contributed by atoms with Gasteiger partial charge in [-0.05, 0) is 31.6 Å². The summed E-state index contributed by atoms with van der Waals surface area (Å²) in [5.74, 6) is -1.36. The number of rotatable bonds is 79. The number of unbranched alkanes of at least 4 members (excludes halogenated alkanes) is 51. The number of carbonyl (C=O) groups is 4. The Labute approximate surface area is 600 Å². The molecule has 0 fully saturated rings. The maximum Gasteiger partial charge on any atom is 0.472 e. The summed E-state index contributed by atoms with van der Waals surface area (Å²) in [7, 11) is -9.91. The summed E-state index contributed by atoms with van der Waals surface area (Å²) in [5, 5.41) is 10.6. The quantitative estimate of drug-likeness (QED) is 0.0222. The summed E-state index contributed by atoms with van der Waals surface area (Å²) < 4.78 is 68.5. The maximum absolute atomic E-state index is 13.1. The average Bonchev–Trinajstić information content (AvgIpc) is 1.06. The highest BCUT2D eigenvalue weighted by molar-refractivity contribution is 7.47. The van der Waals surface area contributed by atoms with Gasteiger partial charge in [-0.15, -0.1) is 0 Å². The SMILES string of the molecule is CCCCCCCCCCCCCCCCCCCCCCCCC(=O)O[C@H](COC(=O)CCCCCCCCCCCCCCCCC)COP(=O)(O)OC[C@@H](O)COP(=O)(O)OC[C@@H](COC(=O)CCCCCCCCCC)OC(=O)CCCCCCCCCCCCC(C)C. The molecule has 3 N–H and O–H groups in total. The molecule has 0 rings (SSSR count). The predicted octanol–water partition coefficient (Wildman–Crippen LogP) is 23.6. The van der Waals surface area contributed by atoms with E-state index >= 15 is 0 Å². The first kappa shape index (κ1) is 96.1. The molecule has 582 valence electrons. The van der Waals surface area contributed by atoms with Gasteiger partial charge in [0.1, 0.15) is 19.3 Å². The van der Waals surface area contributed by atoms with Crippen LogP contribution in [0.3, 0.4) is 0 Å². The molecule has 5 atom stereocenters. The highest BCUT2D eigenvalue weighted by Crippen LogP contribution is 2.45. The van der Waals surface area contributed by atoms with Crippen LogP contribution in [0, 0.1) is 5.92 Å². The van der Waals surface area contributed by atoms with E-state index in [0.717, 1.165) is 102 Å². The predicted molar refractivity (Wildman–Crippen MR) is 400 cm³/mol. The van der Waals surface area contributed by atoms with Crippen LogP contribution in [-0.4, -0.2) is 96.7 Å². The third-order valence-corrected chi connectivity index (χ3v) is 20.4. The molecule has 19 heteroatoms. The van der Waals surface area contributed by atoms with Crippen LogP contribution in [0.1, 0.15) is 420 Å². The van der Waals surface area contributed by atoms with E-state index < -0.39 is 97.5 Å². The van der Waals surface area contributed by atoms with Gasteiger partial charge in [0.15, 0.2) is 12.2 Å². The molecule has 98 heavy (non-hydrogen) atoms. The Morgan fingerprint density at radius 1 is 0.276 bits per heavy atom. The van der Waals surface area contributed by atoms with Crippen molar-refractivity contribution in [2.75, 3.05) is 39.6 Å². The molecule has 0 aliphatic carbocycles. The normalized spacial score (nSPS) is 13.9. The fourth-order valence-electron chi connectivity index (χ4n) is 12.2. The number of carbonyl (C=O) groups excluding carboxylic acids is 4. The first-order valence-electron chi connectivity index (χ1n) is 41.1. The summed E-state index contributed by atoms with van der Waals surface area (Å²) in [6.07, 6.45) is 62.6. The van der Waals surface area contributed by atoms with Crippen LogP contribution in [0.4, 0.5) is 0 Å². The molecule has 0 aliphatic rings. The van der Waals surface area contributed by atoms with Gasteiger partial charge in [-0.2, -0.15) is 0 Å². The van der Waals surface area contributed by atoms with Gasteiger partial charge in [0.2, 0.25) is 0 Å². The van der Waals surface area contributed by atoms with Crippen LogP contribution in [0.15, 0.2) is 0 Å². The molecule has 0 radical (unpaired) electrons. The maximum atomic E-state index is 13.1. The van der Waals surface area contributed by atoms with Crippen LogP contribution in [0.2, 0.25) is 0 Å². The Bertz CT molecular complexity index is 1870. The average molecular weight is 1440 g/mol. The highest BCUT2D eigenvalue weighted by Gasteiger charge is 2.30. The van der Waals surface area contributed by atoms with Crippen molar-refractivity contribution in [3.8, 4) is 0 Å². The lowest BCUT2D eigenvalue weighted by atomic mass is 10.0. The second kappa shape index (κ2) is 72.0. The van der Waals surface area contributed by atoms with Crippen molar-refractivity contribution in [1.82, 2.24) is 0 Å². The van der Waals surface area contributed by atoms with Gasteiger partial charge in [-0.1, -0.05) is 369 Å². The smallest absolute Gasteiger partial charge is 0.462 e. The second-order valence-corrected chi connectivity index (χ2v) is 31.8. The Balaban J connectivity index is 5.17. The van der Waals surface area contributed by atoms with Gasteiger partial charge in [0.05, 0.1) is 26.4 Å². The highest BCUT2D eigenvalue weighted by atomic mass is 31.2. The number of hydrogen-bond acceptors (Lipinski definition) is 15. The van der Waals surface area contributed by atoms with E-state index in [1.165, 1.54) is 238 Å². The van der Waals surface area contributed by atoms with Gasteiger partial charge in [-0.3, -0.25) is 37.3 Å². The Morgan fingerprint density at radius 2 is 0.469 bits per heavy atom. The van der Waals surface area contributed by atoms with Crippen molar-refractivity contribution in [3.05, 3.63) is 0 Å². The fourth-order valence-corrected chi connectivity index (χ4v) is 13.8. The summed E-state index contributed by atoms with van der Waals surface area (Å²) in [6, 6.07) is 0. The monoisotopic (exact) mass is 1440 g/mol. The van der Waals surface area contributed by atoms with Crippen LogP contribution in [-0.2, 0) is 65.4 Å². The minimum atomic E-state index is -4.96. The van der Waals surface area contributed by atoms with E-state index in [-0.39, 0.29) is 25.7 Å². The van der Waals surface area contributed by atoms with E-state index in [1.807, 2.05) is 0 Å². The molecule has 0 saturated carbocycles. The van der Waals surface area contributed by atoms with Crippen molar-refractivity contribution < 1.29 is 80.2 Å². The van der Waals surface area contributed by atoms with E-state index in [2.05, 4.69) is 34.6 Å². The number of ether oxygens (including phenoxy) is 4. The fraction of sp³-hybridized carbons (Fsp3) is 0.949. The molecule has 0 aromatic carbocycles. The molecular formula is C79H154O17P2. The number of aliphatic hydroxyl groups is 1. The summed E-state index contributed by atoms with van der Waals surface area (Å²) in [6.45, 7) is 7.27. The van der Waals surface area contributed by atoms with E-state index in [1.54, 1.807) is 0 Å². The third-order valence-electron chi connectivity index (χ3n) is 18.5. The lowest BCUT2D eigenvalue weighted by molar-refractivity contribution is -0.161. The van der Waals surface area contributed by atoms with Crippen molar-refractivity contribution in [1.29, 1.82) is 0 Å². The molecule has 2 unspecified atom stereocenters. The van der Waals surface area contributed by atoms with Crippen molar-refractivity contribution in [2.45, 2.75) is 438 Å². The molecule has 0 amide bonds. The lowest BCUT2D eigenvalue weighted by Crippen LogP contribution is -2.30. The van der Waals surface area contributed by atoms with Crippen LogP contribution >= 0.6 is 15.6 Å². The first-order chi connectivity index (χ1) is 47.5.